The van der Waals surface area contributed by atoms with Crippen LogP contribution in [0.4, 0.5) is 13.2 Å². The predicted molar refractivity (Wildman–Crippen MR) is 69.8 cm³/mol. The Bertz CT molecular complexity index is 762. The topological polar surface area (TPSA) is 80.9 Å². The van der Waals surface area contributed by atoms with E-state index in [0.29, 0.717) is 0 Å². The van der Waals surface area contributed by atoms with Gasteiger partial charge in [-0.25, -0.2) is 4.79 Å². The average Bonchev–Trinajstić information content (AvgIpc) is 2.41. The van der Waals surface area contributed by atoms with Gasteiger partial charge in [-0.2, -0.15) is 13.2 Å². The zero-order valence-electron chi connectivity index (χ0n) is 10.8. The number of aromatic amines is 1. The Labute approximate surface area is 116 Å². The van der Waals surface area contributed by atoms with Gasteiger partial charge < -0.3 is 5.73 Å². The molecule has 0 amide bonds. The molecule has 0 saturated heterocycles. The number of alkyl halides is 3. The predicted octanol–water partition coefficient (Wildman–Crippen LogP) is 1.06. The lowest BCUT2D eigenvalue weighted by Crippen LogP contribution is -2.33. The normalized spacial score (nSPS) is 11.6. The smallest absolute Gasteiger partial charge is 0.326 e. The summed E-state index contributed by atoms with van der Waals surface area (Å²) in [7, 11) is 0. The van der Waals surface area contributed by atoms with Crippen LogP contribution in [0.2, 0.25) is 0 Å². The van der Waals surface area contributed by atoms with E-state index >= 15 is 0 Å². The van der Waals surface area contributed by atoms with Crippen LogP contribution >= 0.6 is 0 Å². The van der Waals surface area contributed by atoms with E-state index in [-0.39, 0.29) is 24.2 Å². The highest BCUT2D eigenvalue weighted by Gasteiger charge is 2.32. The summed E-state index contributed by atoms with van der Waals surface area (Å²) in [6.07, 6.45) is -3.34. The molecule has 2 aromatic rings. The van der Waals surface area contributed by atoms with Crippen LogP contribution in [-0.4, -0.2) is 9.55 Å². The Balaban J connectivity index is 2.49. The highest BCUT2D eigenvalue weighted by Crippen LogP contribution is 2.31. The van der Waals surface area contributed by atoms with Gasteiger partial charge in [-0.3, -0.25) is 14.3 Å². The third kappa shape index (κ3) is 3.22. The summed E-state index contributed by atoms with van der Waals surface area (Å²) in [4.78, 5) is 25.1. The minimum atomic E-state index is -4.51. The van der Waals surface area contributed by atoms with Crippen molar-refractivity contribution in [3.63, 3.8) is 0 Å². The SMILES string of the molecule is NCc1cn(Cc2ccccc2C(F)(F)F)c(=O)[nH]c1=O. The molecule has 1 heterocycles. The van der Waals surface area contributed by atoms with Crippen LogP contribution in [0.3, 0.4) is 0 Å². The standard InChI is InChI=1S/C13H12F3N3O2/c14-13(15,16)10-4-2-1-3-8(10)6-19-7-9(5-17)11(20)18-12(19)21/h1-4,7H,5-6,17H2,(H,18,20,21). The van der Waals surface area contributed by atoms with Crippen molar-refractivity contribution in [3.05, 3.63) is 68.0 Å². The summed E-state index contributed by atoms with van der Waals surface area (Å²) in [5.74, 6) is 0. The molecule has 0 aliphatic rings. The van der Waals surface area contributed by atoms with Gasteiger partial charge in [0.25, 0.3) is 5.56 Å². The van der Waals surface area contributed by atoms with Gasteiger partial charge >= 0.3 is 11.9 Å². The molecule has 3 N–H and O–H groups in total. The van der Waals surface area contributed by atoms with E-state index in [2.05, 4.69) is 0 Å². The van der Waals surface area contributed by atoms with Crippen molar-refractivity contribution in [2.75, 3.05) is 0 Å². The molecular weight excluding hydrogens is 287 g/mol. The first-order valence-electron chi connectivity index (χ1n) is 6.00. The van der Waals surface area contributed by atoms with Crippen molar-refractivity contribution in [1.82, 2.24) is 9.55 Å². The van der Waals surface area contributed by atoms with Crippen LogP contribution in [0, 0.1) is 0 Å². The minimum Gasteiger partial charge on any atom is -0.326 e. The third-order valence-corrected chi connectivity index (χ3v) is 2.97. The molecular formula is C13H12F3N3O2. The molecule has 5 nitrogen and oxygen atoms in total. The molecule has 0 radical (unpaired) electrons. The summed E-state index contributed by atoms with van der Waals surface area (Å²) in [6.45, 7) is -0.422. The highest BCUT2D eigenvalue weighted by molar-refractivity contribution is 5.30. The summed E-state index contributed by atoms with van der Waals surface area (Å²) in [6, 6.07) is 4.94. The Morgan fingerprint density at radius 3 is 2.43 bits per heavy atom. The first-order valence-corrected chi connectivity index (χ1v) is 6.00. The first kappa shape index (κ1) is 15.0. The van der Waals surface area contributed by atoms with Gasteiger partial charge in [-0.1, -0.05) is 18.2 Å². The van der Waals surface area contributed by atoms with E-state index in [4.69, 9.17) is 5.73 Å². The maximum absolute atomic E-state index is 12.9. The molecule has 8 heteroatoms. The number of rotatable bonds is 3. The average molecular weight is 299 g/mol. The zero-order chi connectivity index (χ0) is 15.6. The highest BCUT2D eigenvalue weighted by atomic mass is 19.4. The second kappa shape index (κ2) is 5.57. The third-order valence-electron chi connectivity index (χ3n) is 2.97. The Morgan fingerprint density at radius 2 is 1.81 bits per heavy atom. The largest absolute Gasteiger partial charge is 0.416 e. The van der Waals surface area contributed by atoms with Crippen molar-refractivity contribution in [2.45, 2.75) is 19.3 Å². The van der Waals surface area contributed by atoms with Gasteiger partial charge in [0.15, 0.2) is 0 Å². The van der Waals surface area contributed by atoms with Gasteiger partial charge in [-0.05, 0) is 11.6 Å². The number of benzene rings is 1. The maximum Gasteiger partial charge on any atom is 0.416 e. The van der Waals surface area contributed by atoms with Crippen molar-refractivity contribution in [1.29, 1.82) is 0 Å². The van der Waals surface area contributed by atoms with Crippen LogP contribution in [0.25, 0.3) is 0 Å². The van der Waals surface area contributed by atoms with E-state index in [1.165, 1.54) is 24.4 Å². The van der Waals surface area contributed by atoms with Crippen LogP contribution in [-0.2, 0) is 19.3 Å². The number of halogens is 3. The van der Waals surface area contributed by atoms with Gasteiger partial charge in [0.05, 0.1) is 12.1 Å². The first-order chi connectivity index (χ1) is 9.82. The Morgan fingerprint density at radius 1 is 1.14 bits per heavy atom. The molecule has 0 spiro atoms. The van der Waals surface area contributed by atoms with E-state index in [1.54, 1.807) is 0 Å². The molecule has 0 saturated carbocycles. The van der Waals surface area contributed by atoms with Crippen molar-refractivity contribution >= 4 is 0 Å². The summed E-state index contributed by atoms with van der Waals surface area (Å²) in [5.41, 5.74) is 3.16. The number of aromatic nitrogens is 2. The molecule has 0 bridgehead atoms. The number of hydrogen-bond acceptors (Lipinski definition) is 3. The van der Waals surface area contributed by atoms with E-state index in [0.717, 1.165) is 10.6 Å². The number of hydrogen-bond donors (Lipinski definition) is 2. The van der Waals surface area contributed by atoms with Crippen molar-refractivity contribution in [2.24, 2.45) is 5.73 Å². The van der Waals surface area contributed by atoms with Crippen LogP contribution in [0.1, 0.15) is 16.7 Å². The van der Waals surface area contributed by atoms with Gasteiger partial charge in [0.2, 0.25) is 0 Å². The number of nitrogens with zero attached hydrogens (tertiary/aromatic N) is 1. The maximum atomic E-state index is 12.9. The summed E-state index contributed by atoms with van der Waals surface area (Å²) in [5, 5.41) is 0. The Kier molecular flexibility index (Phi) is 3.99. The lowest BCUT2D eigenvalue weighted by Gasteiger charge is -2.13. The Hall–Kier alpha value is -2.35. The molecule has 112 valence electrons. The van der Waals surface area contributed by atoms with Crippen molar-refractivity contribution in [3.8, 4) is 0 Å². The monoisotopic (exact) mass is 299 g/mol. The lowest BCUT2D eigenvalue weighted by atomic mass is 10.1. The quantitative estimate of drug-likeness (QED) is 0.889. The zero-order valence-corrected chi connectivity index (χ0v) is 10.8. The molecule has 21 heavy (non-hydrogen) atoms. The minimum absolute atomic E-state index is 0.0675. The fourth-order valence-corrected chi connectivity index (χ4v) is 1.94. The summed E-state index contributed by atoms with van der Waals surface area (Å²) < 4.78 is 39.7. The van der Waals surface area contributed by atoms with Crippen LogP contribution in [0.5, 0.6) is 0 Å². The molecule has 1 aromatic carbocycles. The molecule has 2 rings (SSSR count). The molecule has 0 aliphatic carbocycles. The molecule has 0 atom stereocenters. The fourth-order valence-electron chi connectivity index (χ4n) is 1.94. The number of H-pyrrole nitrogens is 1. The van der Waals surface area contributed by atoms with Gasteiger partial charge in [0.1, 0.15) is 0 Å². The molecule has 1 aromatic heterocycles. The number of nitrogens with two attached hydrogens (primary N) is 1. The van der Waals surface area contributed by atoms with Gasteiger partial charge in [0, 0.05) is 18.3 Å². The van der Waals surface area contributed by atoms with Crippen molar-refractivity contribution < 1.29 is 13.2 Å². The molecule has 0 aliphatic heterocycles. The number of nitrogens with one attached hydrogen (secondary N) is 1. The van der Waals surface area contributed by atoms with Crippen LogP contribution in [0.15, 0.2) is 40.1 Å². The van der Waals surface area contributed by atoms with Crippen LogP contribution < -0.4 is 17.0 Å². The van der Waals surface area contributed by atoms with E-state index in [9.17, 15) is 22.8 Å². The second-order valence-electron chi connectivity index (χ2n) is 4.40. The van der Waals surface area contributed by atoms with E-state index < -0.39 is 23.0 Å². The second-order valence-corrected chi connectivity index (χ2v) is 4.40. The van der Waals surface area contributed by atoms with E-state index in [1.807, 2.05) is 4.98 Å². The molecule has 0 unspecified atom stereocenters. The molecule has 0 fully saturated rings. The van der Waals surface area contributed by atoms with Gasteiger partial charge in [-0.15, -0.1) is 0 Å². The fraction of sp³-hybridized carbons (Fsp3) is 0.231. The lowest BCUT2D eigenvalue weighted by molar-refractivity contribution is -0.138. The summed E-state index contributed by atoms with van der Waals surface area (Å²) >= 11 is 0.